The molecule has 0 aromatic rings. The van der Waals surface area contributed by atoms with Crippen molar-refractivity contribution >= 4 is 42.1 Å². The summed E-state index contributed by atoms with van der Waals surface area (Å²) in [5.74, 6) is -1.69. The van der Waals surface area contributed by atoms with Crippen LogP contribution in [0.2, 0.25) is 0 Å². The zero-order valence-electron chi connectivity index (χ0n) is 10.4. The van der Waals surface area contributed by atoms with Gasteiger partial charge in [0.15, 0.2) is 5.71 Å². The van der Waals surface area contributed by atoms with Crippen LogP contribution >= 0.6 is 11.8 Å². The Morgan fingerprint density at radius 3 is 2.75 bits per heavy atom. The molecular formula is C11H12N2O6S. The maximum absolute atomic E-state index is 11.1. The van der Waals surface area contributed by atoms with Crippen LogP contribution in [0.15, 0.2) is 16.8 Å². The number of esters is 1. The molecule has 0 spiro atoms. The first-order valence-corrected chi connectivity index (χ1v) is 6.48. The third kappa shape index (κ3) is 4.19. The van der Waals surface area contributed by atoms with Crippen molar-refractivity contribution in [2.24, 2.45) is 4.99 Å². The van der Waals surface area contributed by atoms with Gasteiger partial charge in [-0.05, 0) is 0 Å². The summed E-state index contributed by atoms with van der Waals surface area (Å²) in [5.41, 5.74) is -0.0701. The molecule has 0 aromatic carbocycles. The standard InChI is InChI=1S/C11H12N2O6S/c1-6(16)19-3-7-4-20-10(8(2-14)12-5-15)13-9(7)11(17)18/h2-3,5,8,10H,4H2,1H3,(H,12,15)(H,17,18)/b7-3+/t8-,10-/m1/s1. The van der Waals surface area contributed by atoms with Crippen molar-refractivity contribution < 1.29 is 29.0 Å². The summed E-state index contributed by atoms with van der Waals surface area (Å²) >= 11 is 1.15. The number of carboxylic acids is 1. The van der Waals surface area contributed by atoms with Crippen LogP contribution in [0.5, 0.6) is 0 Å². The van der Waals surface area contributed by atoms with E-state index >= 15 is 0 Å². The van der Waals surface area contributed by atoms with Crippen molar-refractivity contribution in [3.63, 3.8) is 0 Å². The lowest BCUT2D eigenvalue weighted by atomic mass is 10.2. The topological polar surface area (TPSA) is 122 Å². The van der Waals surface area contributed by atoms with Crippen LogP contribution in [0.1, 0.15) is 6.92 Å². The number of aldehydes is 1. The predicted molar refractivity (Wildman–Crippen MR) is 70.2 cm³/mol. The molecule has 1 aliphatic heterocycles. The minimum absolute atomic E-state index is 0.188. The lowest BCUT2D eigenvalue weighted by molar-refractivity contribution is -0.135. The highest BCUT2D eigenvalue weighted by Gasteiger charge is 2.30. The van der Waals surface area contributed by atoms with Gasteiger partial charge in [-0.3, -0.25) is 14.6 Å². The molecule has 0 aliphatic carbocycles. The van der Waals surface area contributed by atoms with Gasteiger partial charge in [-0.1, -0.05) is 0 Å². The second kappa shape index (κ2) is 7.43. The molecule has 1 amide bonds. The quantitative estimate of drug-likeness (QED) is 0.379. The number of rotatable bonds is 6. The van der Waals surface area contributed by atoms with Crippen molar-refractivity contribution in [3.8, 4) is 0 Å². The zero-order valence-corrected chi connectivity index (χ0v) is 11.3. The van der Waals surface area contributed by atoms with Gasteiger partial charge in [0.1, 0.15) is 24.0 Å². The molecule has 0 aromatic heterocycles. The summed E-state index contributed by atoms with van der Waals surface area (Å²) in [4.78, 5) is 46.9. The molecule has 1 heterocycles. The number of hydrogen-bond donors (Lipinski definition) is 2. The van der Waals surface area contributed by atoms with Crippen LogP contribution in [0.4, 0.5) is 0 Å². The Bertz CT molecular complexity index is 487. The highest BCUT2D eigenvalue weighted by molar-refractivity contribution is 8.00. The van der Waals surface area contributed by atoms with Crippen molar-refractivity contribution in [1.29, 1.82) is 0 Å². The van der Waals surface area contributed by atoms with Gasteiger partial charge in [-0.2, -0.15) is 0 Å². The van der Waals surface area contributed by atoms with Gasteiger partial charge in [-0.25, -0.2) is 4.79 Å². The molecule has 0 saturated heterocycles. The number of carbonyl (C=O) groups excluding carboxylic acids is 3. The number of thioether (sulfide) groups is 1. The molecule has 108 valence electrons. The van der Waals surface area contributed by atoms with E-state index in [0.29, 0.717) is 12.7 Å². The van der Waals surface area contributed by atoms with Crippen molar-refractivity contribution in [2.45, 2.75) is 18.3 Å². The van der Waals surface area contributed by atoms with E-state index in [4.69, 9.17) is 5.11 Å². The molecule has 20 heavy (non-hydrogen) atoms. The van der Waals surface area contributed by atoms with E-state index in [1.807, 2.05) is 0 Å². The molecule has 0 unspecified atom stereocenters. The number of carbonyl (C=O) groups is 4. The number of amides is 1. The Morgan fingerprint density at radius 1 is 1.55 bits per heavy atom. The van der Waals surface area contributed by atoms with Gasteiger partial charge >= 0.3 is 11.9 Å². The number of nitrogens with zero attached hydrogens (tertiary/aromatic N) is 1. The first kappa shape index (κ1) is 15.9. The summed E-state index contributed by atoms with van der Waals surface area (Å²) in [7, 11) is 0. The molecule has 0 bridgehead atoms. The molecule has 2 atom stereocenters. The van der Waals surface area contributed by atoms with Crippen molar-refractivity contribution in [3.05, 3.63) is 11.8 Å². The fourth-order valence-electron chi connectivity index (χ4n) is 1.38. The number of carboxylic acid groups (broad SMARTS) is 1. The first-order chi connectivity index (χ1) is 9.49. The van der Waals surface area contributed by atoms with Crippen LogP contribution in [0.25, 0.3) is 0 Å². The monoisotopic (exact) mass is 300 g/mol. The molecule has 0 radical (unpaired) electrons. The molecule has 0 saturated carbocycles. The van der Waals surface area contributed by atoms with E-state index in [1.165, 1.54) is 6.92 Å². The lowest BCUT2D eigenvalue weighted by Gasteiger charge is -2.23. The van der Waals surface area contributed by atoms with Crippen LogP contribution in [0, 0.1) is 0 Å². The van der Waals surface area contributed by atoms with Crippen molar-refractivity contribution in [1.82, 2.24) is 5.32 Å². The van der Waals surface area contributed by atoms with Crippen LogP contribution in [-0.2, 0) is 23.9 Å². The maximum atomic E-state index is 11.1. The summed E-state index contributed by atoms with van der Waals surface area (Å²) in [6.45, 7) is 1.18. The van der Waals surface area contributed by atoms with Crippen LogP contribution in [0.3, 0.4) is 0 Å². The lowest BCUT2D eigenvalue weighted by Crippen LogP contribution is -2.41. The van der Waals surface area contributed by atoms with E-state index in [-0.39, 0.29) is 17.0 Å². The van der Waals surface area contributed by atoms with Gasteiger partial charge in [0.2, 0.25) is 6.41 Å². The van der Waals surface area contributed by atoms with E-state index in [1.54, 1.807) is 0 Å². The minimum atomic E-state index is -1.30. The fraction of sp³-hybridized carbons (Fsp3) is 0.364. The molecular weight excluding hydrogens is 288 g/mol. The normalized spacial score (nSPS) is 21.6. The molecule has 1 aliphatic rings. The molecule has 1 rings (SSSR count). The van der Waals surface area contributed by atoms with Crippen molar-refractivity contribution in [2.75, 3.05) is 5.75 Å². The Balaban J connectivity index is 3.00. The SMILES string of the molecule is CC(=O)O/C=C1\CS[C@H]([C@@H](C=O)NC=O)N=C1C(=O)O. The Hall–Kier alpha value is -2.16. The second-order valence-corrected chi connectivity index (χ2v) is 4.79. The number of aliphatic carboxylic acids is 1. The predicted octanol–water partition coefficient (Wildman–Crippen LogP) is -0.655. The number of hydrogen-bond acceptors (Lipinski definition) is 7. The van der Waals surface area contributed by atoms with E-state index < -0.39 is 23.4 Å². The molecule has 8 nitrogen and oxygen atoms in total. The Labute approximate surface area is 118 Å². The largest absolute Gasteiger partial charge is 0.477 e. The Kier molecular flexibility index (Phi) is 5.91. The molecule has 2 N–H and O–H groups in total. The van der Waals surface area contributed by atoms with Gasteiger partial charge < -0.3 is 20.0 Å². The third-order valence-electron chi connectivity index (χ3n) is 2.25. The molecule has 0 fully saturated rings. The Morgan fingerprint density at radius 2 is 2.25 bits per heavy atom. The smallest absolute Gasteiger partial charge is 0.354 e. The van der Waals surface area contributed by atoms with Gasteiger partial charge in [0.05, 0.1) is 0 Å². The summed E-state index contributed by atoms with van der Waals surface area (Å²) in [6, 6.07) is -0.915. The summed E-state index contributed by atoms with van der Waals surface area (Å²) in [6.07, 6.45) is 1.86. The number of nitrogens with one attached hydrogen (secondary N) is 1. The van der Waals surface area contributed by atoms with E-state index in [9.17, 15) is 19.2 Å². The fourth-order valence-corrected chi connectivity index (χ4v) is 2.46. The highest BCUT2D eigenvalue weighted by Crippen LogP contribution is 2.26. The average molecular weight is 300 g/mol. The number of aliphatic imine (C=N–C) groups is 1. The second-order valence-electron chi connectivity index (χ2n) is 3.68. The average Bonchev–Trinajstić information content (AvgIpc) is 2.42. The maximum Gasteiger partial charge on any atom is 0.354 e. The summed E-state index contributed by atoms with van der Waals surface area (Å²) < 4.78 is 4.63. The van der Waals surface area contributed by atoms with E-state index in [2.05, 4.69) is 15.0 Å². The van der Waals surface area contributed by atoms with Crippen LogP contribution < -0.4 is 5.32 Å². The van der Waals surface area contributed by atoms with Gasteiger partial charge in [0.25, 0.3) is 0 Å². The minimum Gasteiger partial charge on any atom is -0.477 e. The third-order valence-corrected chi connectivity index (χ3v) is 3.47. The van der Waals surface area contributed by atoms with Gasteiger partial charge in [0, 0.05) is 18.2 Å². The van der Waals surface area contributed by atoms with Gasteiger partial charge in [-0.15, -0.1) is 11.8 Å². The van der Waals surface area contributed by atoms with Crippen LogP contribution in [-0.4, -0.2) is 52.6 Å². The number of ether oxygens (including phenoxy) is 1. The molecule has 9 heteroatoms. The first-order valence-electron chi connectivity index (χ1n) is 5.44. The summed E-state index contributed by atoms with van der Waals surface area (Å²) in [5, 5.41) is 10.6. The highest BCUT2D eigenvalue weighted by atomic mass is 32.2. The zero-order chi connectivity index (χ0) is 15.1. The van der Waals surface area contributed by atoms with E-state index in [0.717, 1.165) is 18.0 Å².